The zero-order valence-electron chi connectivity index (χ0n) is 13.7. The van der Waals surface area contributed by atoms with E-state index in [1.54, 1.807) is 4.68 Å². The summed E-state index contributed by atoms with van der Waals surface area (Å²) in [7, 11) is 0. The molecule has 0 amide bonds. The lowest BCUT2D eigenvalue weighted by atomic mass is 9.99. The van der Waals surface area contributed by atoms with Crippen LogP contribution in [0.4, 0.5) is 0 Å². The standard InChI is InChI=1S/C18H26N2O/c1-12(2)10-16-17(15-8-6-14(5)7-9-15)18(21)20(19-16)11-13(3)4/h6-9,12-13,21H,10-11H2,1-5H3. The van der Waals surface area contributed by atoms with Crippen LogP contribution in [-0.2, 0) is 13.0 Å². The van der Waals surface area contributed by atoms with Gasteiger partial charge in [-0.05, 0) is 30.7 Å². The average Bonchev–Trinajstić information content (AvgIpc) is 2.66. The smallest absolute Gasteiger partial charge is 0.217 e. The Balaban J connectivity index is 2.50. The van der Waals surface area contributed by atoms with Crippen LogP contribution in [0.25, 0.3) is 11.1 Å². The molecule has 1 aromatic carbocycles. The van der Waals surface area contributed by atoms with Gasteiger partial charge in [0.1, 0.15) is 0 Å². The van der Waals surface area contributed by atoms with Gasteiger partial charge in [-0.2, -0.15) is 5.10 Å². The van der Waals surface area contributed by atoms with Gasteiger partial charge in [0.15, 0.2) is 0 Å². The van der Waals surface area contributed by atoms with Gasteiger partial charge in [0.05, 0.1) is 11.3 Å². The molecule has 0 atom stereocenters. The van der Waals surface area contributed by atoms with E-state index in [4.69, 9.17) is 0 Å². The van der Waals surface area contributed by atoms with Crippen molar-refractivity contribution in [1.29, 1.82) is 0 Å². The van der Waals surface area contributed by atoms with E-state index in [1.165, 1.54) is 5.56 Å². The first kappa shape index (κ1) is 15.6. The number of nitrogens with zero attached hydrogens (tertiary/aromatic N) is 2. The van der Waals surface area contributed by atoms with E-state index in [0.717, 1.165) is 29.8 Å². The Morgan fingerprint density at radius 2 is 1.67 bits per heavy atom. The van der Waals surface area contributed by atoms with Crippen LogP contribution in [0.2, 0.25) is 0 Å². The third-order valence-electron chi connectivity index (χ3n) is 3.48. The molecular formula is C18H26N2O. The van der Waals surface area contributed by atoms with Crippen LogP contribution in [0.5, 0.6) is 5.88 Å². The maximum Gasteiger partial charge on any atom is 0.217 e. The highest BCUT2D eigenvalue weighted by molar-refractivity contribution is 5.71. The molecule has 3 nitrogen and oxygen atoms in total. The predicted octanol–water partition coefficient (Wildman–Crippen LogP) is 4.42. The Morgan fingerprint density at radius 1 is 1.05 bits per heavy atom. The second-order valence-electron chi connectivity index (χ2n) is 6.69. The second-order valence-corrected chi connectivity index (χ2v) is 6.69. The van der Waals surface area contributed by atoms with E-state index < -0.39 is 0 Å². The lowest BCUT2D eigenvalue weighted by Crippen LogP contribution is -2.06. The Kier molecular flexibility index (Phi) is 4.71. The maximum absolute atomic E-state index is 10.6. The second kappa shape index (κ2) is 6.33. The number of aromatic hydroxyl groups is 1. The predicted molar refractivity (Wildman–Crippen MR) is 87.4 cm³/mol. The molecule has 2 rings (SSSR count). The number of aromatic nitrogens is 2. The van der Waals surface area contributed by atoms with E-state index in [0.29, 0.717) is 17.7 Å². The Hall–Kier alpha value is -1.77. The zero-order valence-corrected chi connectivity index (χ0v) is 13.7. The molecule has 1 N–H and O–H groups in total. The summed E-state index contributed by atoms with van der Waals surface area (Å²) in [5, 5.41) is 15.3. The molecule has 0 radical (unpaired) electrons. The molecule has 0 fully saturated rings. The van der Waals surface area contributed by atoms with Crippen LogP contribution < -0.4 is 0 Å². The lowest BCUT2D eigenvalue weighted by molar-refractivity contribution is 0.372. The summed E-state index contributed by atoms with van der Waals surface area (Å²) in [5.41, 5.74) is 4.15. The molecule has 1 heterocycles. The highest BCUT2D eigenvalue weighted by atomic mass is 16.3. The highest BCUT2D eigenvalue weighted by Gasteiger charge is 2.20. The van der Waals surface area contributed by atoms with Gasteiger partial charge in [-0.25, -0.2) is 4.68 Å². The molecule has 114 valence electrons. The van der Waals surface area contributed by atoms with Crippen LogP contribution in [0.3, 0.4) is 0 Å². The summed E-state index contributed by atoms with van der Waals surface area (Å²) in [6, 6.07) is 8.28. The minimum Gasteiger partial charge on any atom is -0.493 e. The van der Waals surface area contributed by atoms with Crippen molar-refractivity contribution >= 4 is 0 Å². The molecular weight excluding hydrogens is 260 g/mol. The fourth-order valence-corrected chi connectivity index (χ4v) is 2.52. The number of hydrogen-bond donors (Lipinski definition) is 1. The van der Waals surface area contributed by atoms with Crippen molar-refractivity contribution in [2.45, 2.75) is 47.6 Å². The normalized spacial score (nSPS) is 11.6. The van der Waals surface area contributed by atoms with Crippen LogP contribution in [-0.4, -0.2) is 14.9 Å². The molecule has 0 aliphatic carbocycles. The lowest BCUT2D eigenvalue weighted by Gasteiger charge is -2.07. The first-order chi connectivity index (χ1) is 9.88. The minimum absolute atomic E-state index is 0.295. The van der Waals surface area contributed by atoms with Crippen LogP contribution in [0, 0.1) is 18.8 Å². The number of rotatable bonds is 5. The van der Waals surface area contributed by atoms with E-state index in [-0.39, 0.29) is 0 Å². The van der Waals surface area contributed by atoms with Crippen molar-refractivity contribution in [3.8, 4) is 17.0 Å². The highest BCUT2D eigenvalue weighted by Crippen LogP contribution is 2.34. The maximum atomic E-state index is 10.6. The van der Waals surface area contributed by atoms with Gasteiger partial charge in [-0.3, -0.25) is 0 Å². The van der Waals surface area contributed by atoms with Gasteiger partial charge >= 0.3 is 0 Å². The molecule has 0 aliphatic heterocycles. The molecule has 0 bridgehead atoms. The average molecular weight is 286 g/mol. The monoisotopic (exact) mass is 286 g/mol. The molecule has 2 aromatic rings. The number of hydrogen-bond acceptors (Lipinski definition) is 2. The Morgan fingerprint density at radius 3 is 2.19 bits per heavy atom. The number of aryl methyl sites for hydroxylation is 1. The van der Waals surface area contributed by atoms with Gasteiger partial charge in [0.2, 0.25) is 5.88 Å². The van der Waals surface area contributed by atoms with Gasteiger partial charge in [-0.15, -0.1) is 0 Å². The van der Waals surface area contributed by atoms with Crippen LogP contribution >= 0.6 is 0 Å². The van der Waals surface area contributed by atoms with Crippen LogP contribution in [0.1, 0.15) is 39.0 Å². The summed E-state index contributed by atoms with van der Waals surface area (Å²) >= 11 is 0. The van der Waals surface area contributed by atoms with E-state index >= 15 is 0 Å². The van der Waals surface area contributed by atoms with Crippen molar-refractivity contribution < 1.29 is 5.11 Å². The molecule has 3 heteroatoms. The van der Waals surface area contributed by atoms with Crippen molar-refractivity contribution in [1.82, 2.24) is 9.78 Å². The third kappa shape index (κ3) is 3.66. The molecule has 0 unspecified atom stereocenters. The quantitative estimate of drug-likeness (QED) is 0.883. The first-order valence-electron chi connectivity index (χ1n) is 7.74. The van der Waals surface area contributed by atoms with Crippen molar-refractivity contribution in [3.05, 3.63) is 35.5 Å². The molecule has 1 aromatic heterocycles. The minimum atomic E-state index is 0.295. The summed E-state index contributed by atoms with van der Waals surface area (Å²) in [5.74, 6) is 1.26. The van der Waals surface area contributed by atoms with Gasteiger partial charge in [-0.1, -0.05) is 57.5 Å². The molecule has 0 aliphatic rings. The molecule has 21 heavy (non-hydrogen) atoms. The van der Waals surface area contributed by atoms with Crippen LogP contribution in [0.15, 0.2) is 24.3 Å². The summed E-state index contributed by atoms with van der Waals surface area (Å²) in [6.07, 6.45) is 0.877. The summed E-state index contributed by atoms with van der Waals surface area (Å²) in [4.78, 5) is 0. The molecule has 0 saturated carbocycles. The van der Waals surface area contributed by atoms with Gasteiger partial charge in [0.25, 0.3) is 0 Å². The van der Waals surface area contributed by atoms with Crippen molar-refractivity contribution in [2.24, 2.45) is 11.8 Å². The van der Waals surface area contributed by atoms with Gasteiger partial charge < -0.3 is 5.11 Å². The van der Waals surface area contributed by atoms with E-state index in [1.807, 2.05) is 0 Å². The van der Waals surface area contributed by atoms with Crippen molar-refractivity contribution in [2.75, 3.05) is 0 Å². The third-order valence-corrected chi connectivity index (χ3v) is 3.48. The fourth-order valence-electron chi connectivity index (χ4n) is 2.52. The zero-order chi connectivity index (χ0) is 15.6. The SMILES string of the molecule is Cc1ccc(-c2c(CC(C)C)nn(CC(C)C)c2O)cc1. The van der Waals surface area contributed by atoms with Gasteiger partial charge in [0, 0.05) is 6.54 Å². The fraction of sp³-hybridized carbons (Fsp3) is 0.500. The summed E-state index contributed by atoms with van der Waals surface area (Å²) in [6.45, 7) is 11.4. The topological polar surface area (TPSA) is 38.0 Å². The van der Waals surface area contributed by atoms with E-state index in [2.05, 4.69) is 64.0 Å². The van der Waals surface area contributed by atoms with E-state index in [9.17, 15) is 5.11 Å². The molecule has 0 spiro atoms. The Labute approximate surface area is 127 Å². The van der Waals surface area contributed by atoms with Crippen molar-refractivity contribution in [3.63, 3.8) is 0 Å². The Bertz CT molecular complexity index is 594. The number of benzene rings is 1. The first-order valence-corrected chi connectivity index (χ1v) is 7.74. The summed E-state index contributed by atoms with van der Waals surface area (Å²) < 4.78 is 1.75. The largest absolute Gasteiger partial charge is 0.493 e. The molecule has 0 saturated heterocycles.